The molecule has 1 saturated heterocycles. The lowest BCUT2D eigenvalue weighted by Gasteiger charge is -2.43. The molecule has 0 atom stereocenters. The second-order valence-electron chi connectivity index (χ2n) is 8.51. The molecule has 1 aromatic carbocycles. The zero-order valence-corrected chi connectivity index (χ0v) is 16.1. The van der Waals surface area contributed by atoms with Crippen LogP contribution in [-0.2, 0) is 11.2 Å². The molecule has 4 nitrogen and oxygen atoms in total. The van der Waals surface area contributed by atoms with Gasteiger partial charge in [-0.25, -0.2) is 9.18 Å². The van der Waals surface area contributed by atoms with Crippen LogP contribution in [0.5, 0.6) is 0 Å². The van der Waals surface area contributed by atoms with E-state index in [0.717, 1.165) is 31.4 Å². The number of amides is 1. The van der Waals surface area contributed by atoms with Crippen molar-refractivity contribution in [3.8, 4) is 0 Å². The highest BCUT2D eigenvalue weighted by Crippen LogP contribution is 2.36. The van der Waals surface area contributed by atoms with E-state index in [4.69, 9.17) is 4.74 Å². The Kier molecular flexibility index (Phi) is 6.09. The molecule has 0 unspecified atom stereocenters. The average Bonchev–Trinajstić information content (AvgIpc) is 2.48. The molecule has 0 aromatic heterocycles. The number of benzene rings is 1. The highest BCUT2D eigenvalue weighted by atomic mass is 19.1. The van der Waals surface area contributed by atoms with E-state index in [9.17, 15) is 9.18 Å². The number of hydrogen-bond acceptors (Lipinski definition) is 3. The van der Waals surface area contributed by atoms with Crippen LogP contribution < -0.4 is 0 Å². The van der Waals surface area contributed by atoms with Crippen LogP contribution in [0.3, 0.4) is 0 Å². The van der Waals surface area contributed by atoms with Crippen molar-refractivity contribution in [3.63, 3.8) is 0 Å². The second kappa shape index (κ2) is 7.73. The van der Waals surface area contributed by atoms with Gasteiger partial charge in [-0.2, -0.15) is 0 Å². The number of carbonyl (C=O) groups excluding carboxylic acids is 1. The number of piperidine rings is 1. The van der Waals surface area contributed by atoms with E-state index < -0.39 is 5.60 Å². The molecule has 1 heterocycles. The summed E-state index contributed by atoms with van der Waals surface area (Å²) in [4.78, 5) is 16.3. The minimum atomic E-state index is -0.469. The molecule has 1 aliphatic heterocycles. The molecule has 1 fully saturated rings. The van der Waals surface area contributed by atoms with E-state index in [0.29, 0.717) is 13.1 Å². The number of carbonyl (C=O) groups is 1. The molecule has 140 valence electrons. The summed E-state index contributed by atoms with van der Waals surface area (Å²) in [7, 11) is 4.15. The molecular weight excluding hydrogens is 319 g/mol. The van der Waals surface area contributed by atoms with Crippen LogP contribution >= 0.6 is 0 Å². The summed E-state index contributed by atoms with van der Waals surface area (Å²) < 4.78 is 18.7. The zero-order valence-electron chi connectivity index (χ0n) is 16.1. The molecule has 0 bridgehead atoms. The fraction of sp³-hybridized carbons (Fsp3) is 0.650. The number of ether oxygens (including phenoxy) is 1. The maximum atomic E-state index is 13.2. The van der Waals surface area contributed by atoms with Gasteiger partial charge < -0.3 is 14.5 Å². The molecular formula is C20H31FN2O2. The first kappa shape index (κ1) is 19.7. The summed E-state index contributed by atoms with van der Waals surface area (Å²) in [6.07, 6.45) is 2.50. The normalized spacial score (nSPS) is 17.6. The predicted octanol–water partition coefficient (Wildman–Crippen LogP) is 3.95. The topological polar surface area (TPSA) is 32.8 Å². The smallest absolute Gasteiger partial charge is 0.410 e. The number of hydrogen-bond donors (Lipinski definition) is 0. The van der Waals surface area contributed by atoms with Crippen molar-refractivity contribution in [3.05, 3.63) is 35.6 Å². The predicted molar refractivity (Wildman–Crippen MR) is 98.1 cm³/mol. The van der Waals surface area contributed by atoms with Crippen LogP contribution in [0.15, 0.2) is 24.3 Å². The molecule has 0 aliphatic carbocycles. The van der Waals surface area contributed by atoms with E-state index in [1.807, 2.05) is 37.8 Å². The number of likely N-dealkylation sites (tertiary alicyclic amines) is 1. The van der Waals surface area contributed by atoms with Crippen LogP contribution in [0.1, 0.15) is 39.2 Å². The highest BCUT2D eigenvalue weighted by molar-refractivity contribution is 5.68. The SMILES string of the molecule is CN(C)CC1(Cc2ccc(F)cc2)CCN(C(=O)OC(C)(C)C)CC1. The molecule has 1 aliphatic rings. The van der Waals surface area contributed by atoms with Crippen LogP contribution in [-0.4, -0.2) is 55.2 Å². The van der Waals surface area contributed by atoms with E-state index >= 15 is 0 Å². The molecule has 0 saturated carbocycles. The number of halogens is 1. The third-order valence-corrected chi connectivity index (χ3v) is 4.62. The van der Waals surface area contributed by atoms with Crippen molar-refractivity contribution in [1.29, 1.82) is 0 Å². The lowest BCUT2D eigenvalue weighted by atomic mass is 9.73. The van der Waals surface area contributed by atoms with Crippen molar-refractivity contribution < 1.29 is 13.9 Å². The Hall–Kier alpha value is -1.62. The monoisotopic (exact) mass is 350 g/mol. The molecule has 1 aromatic rings. The first-order valence-electron chi connectivity index (χ1n) is 8.96. The maximum Gasteiger partial charge on any atom is 0.410 e. The van der Waals surface area contributed by atoms with Crippen LogP contribution in [0.2, 0.25) is 0 Å². The number of rotatable bonds is 4. The van der Waals surface area contributed by atoms with Gasteiger partial charge in [0, 0.05) is 19.6 Å². The Morgan fingerprint density at radius 3 is 2.24 bits per heavy atom. The van der Waals surface area contributed by atoms with E-state index in [1.54, 1.807) is 0 Å². The third-order valence-electron chi connectivity index (χ3n) is 4.62. The summed E-state index contributed by atoms with van der Waals surface area (Å²) in [5, 5.41) is 0. The van der Waals surface area contributed by atoms with Gasteiger partial charge >= 0.3 is 6.09 Å². The van der Waals surface area contributed by atoms with Gasteiger partial charge in [-0.3, -0.25) is 0 Å². The first-order valence-corrected chi connectivity index (χ1v) is 8.96. The van der Waals surface area contributed by atoms with Gasteiger partial charge in [0.2, 0.25) is 0 Å². The van der Waals surface area contributed by atoms with Gasteiger partial charge in [-0.05, 0) is 77.2 Å². The fourth-order valence-corrected chi connectivity index (χ4v) is 3.59. The van der Waals surface area contributed by atoms with Crippen LogP contribution in [0.25, 0.3) is 0 Å². The first-order chi connectivity index (χ1) is 11.6. The van der Waals surface area contributed by atoms with E-state index in [1.165, 1.54) is 12.1 Å². The van der Waals surface area contributed by atoms with Gasteiger partial charge in [0.15, 0.2) is 0 Å². The van der Waals surface area contributed by atoms with Gasteiger partial charge in [0.05, 0.1) is 0 Å². The molecule has 0 radical (unpaired) electrons. The van der Waals surface area contributed by atoms with Crippen molar-refractivity contribution in [1.82, 2.24) is 9.80 Å². The third kappa shape index (κ3) is 5.99. The molecule has 0 N–H and O–H groups in total. The van der Waals surface area contributed by atoms with Crippen molar-refractivity contribution in [2.75, 3.05) is 33.7 Å². The quantitative estimate of drug-likeness (QED) is 0.824. The van der Waals surface area contributed by atoms with Crippen LogP contribution in [0, 0.1) is 11.2 Å². The molecule has 2 rings (SSSR count). The second-order valence-corrected chi connectivity index (χ2v) is 8.51. The Morgan fingerprint density at radius 2 is 1.76 bits per heavy atom. The molecule has 1 amide bonds. The van der Waals surface area contributed by atoms with Gasteiger partial charge in [0.25, 0.3) is 0 Å². The van der Waals surface area contributed by atoms with Gasteiger partial charge in [-0.1, -0.05) is 12.1 Å². The van der Waals surface area contributed by atoms with Crippen molar-refractivity contribution >= 4 is 6.09 Å². The molecule has 25 heavy (non-hydrogen) atoms. The van der Waals surface area contributed by atoms with Gasteiger partial charge in [-0.15, -0.1) is 0 Å². The van der Waals surface area contributed by atoms with Crippen molar-refractivity contribution in [2.45, 2.75) is 45.6 Å². The fourth-order valence-electron chi connectivity index (χ4n) is 3.59. The minimum absolute atomic E-state index is 0.0971. The Morgan fingerprint density at radius 1 is 1.20 bits per heavy atom. The van der Waals surface area contributed by atoms with E-state index in [2.05, 4.69) is 19.0 Å². The Balaban J connectivity index is 2.05. The average molecular weight is 350 g/mol. The summed E-state index contributed by atoms with van der Waals surface area (Å²) in [6, 6.07) is 6.78. The van der Waals surface area contributed by atoms with Crippen LogP contribution in [0.4, 0.5) is 9.18 Å². The number of nitrogens with zero attached hydrogens (tertiary/aromatic N) is 2. The summed E-state index contributed by atoms with van der Waals surface area (Å²) in [5.74, 6) is -0.204. The molecule has 0 spiro atoms. The molecule has 5 heteroatoms. The minimum Gasteiger partial charge on any atom is -0.444 e. The summed E-state index contributed by atoms with van der Waals surface area (Å²) >= 11 is 0. The van der Waals surface area contributed by atoms with Gasteiger partial charge in [0.1, 0.15) is 11.4 Å². The maximum absolute atomic E-state index is 13.2. The Labute approximate surface area is 150 Å². The highest BCUT2D eigenvalue weighted by Gasteiger charge is 2.37. The lowest BCUT2D eigenvalue weighted by molar-refractivity contribution is 0.00672. The summed E-state index contributed by atoms with van der Waals surface area (Å²) in [5.41, 5.74) is 0.775. The Bertz CT molecular complexity index is 570. The summed E-state index contributed by atoms with van der Waals surface area (Å²) in [6.45, 7) is 8.01. The lowest BCUT2D eigenvalue weighted by Crippen LogP contribution is -2.49. The largest absolute Gasteiger partial charge is 0.444 e. The standard InChI is InChI=1S/C20H31FN2O2/c1-19(2,3)25-18(24)23-12-10-20(11-13-23,15-22(4)5)14-16-6-8-17(21)9-7-16/h6-9H,10-15H2,1-5H3. The van der Waals surface area contributed by atoms with Crippen molar-refractivity contribution in [2.24, 2.45) is 5.41 Å². The van der Waals surface area contributed by atoms with E-state index in [-0.39, 0.29) is 17.3 Å². The zero-order chi connectivity index (χ0) is 18.7.